The normalized spacial score (nSPS) is 10.9. The van der Waals surface area contributed by atoms with Crippen LogP contribution in [0.25, 0.3) is 6.08 Å². The molecule has 20 heavy (non-hydrogen) atoms. The van der Waals surface area contributed by atoms with E-state index in [1.165, 1.54) is 18.4 Å². The summed E-state index contributed by atoms with van der Waals surface area (Å²) in [7, 11) is 0. The van der Waals surface area contributed by atoms with Gasteiger partial charge in [-0.25, -0.2) is 0 Å². The molecule has 1 amide bonds. The van der Waals surface area contributed by atoms with E-state index < -0.39 is 5.91 Å². The summed E-state index contributed by atoms with van der Waals surface area (Å²) in [5.41, 5.74) is 0.285. The Morgan fingerprint density at radius 2 is 2.15 bits per heavy atom. The van der Waals surface area contributed by atoms with Crippen molar-refractivity contribution >= 4 is 40.9 Å². The molecule has 1 N–H and O–H groups in total. The number of carbonyl (C=O) groups excluding carboxylic acids is 1. The summed E-state index contributed by atoms with van der Waals surface area (Å²) < 4.78 is 5.05. The van der Waals surface area contributed by atoms with Crippen LogP contribution in [0, 0.1) is 11.3 Å². The molecule has 0 aliphatic carbocycles. The van der Waals surface area contributed by atoms with Crippen LogP contribution >= 0.6 is 23.2 Å². The second kappa shape index (κ2) is 6.29. The van der Waals surface area contributed by atoms with Crippen LogP contribution < -0.4 is 5.32 Å². The van der Waals surface area contributed by atoms with Gasteiger partial charge in [0.05, 0.1) is 17.0 Å². The van der Waals surface area contributed by atoms with Gasteiger partial charge in [0.15, 0.2) is 0 Å². The lowest BCUT2D eigenvalue weighted by Crippen LogP contribution is -2.13. The van der Waals surface area contributed by atoms with Crippen molar-refractivity contribution in [3.63, 3.8) is 0 Å². The zero-order valence-corrected chi connectivity index (χ0v) is 11.6. The third-order valence-corrected chi connectivity index (χ3v) is 2.92. The molecule has 0 saturated carbocycles. The number of anilines is 1. The Bertz CT molecular complexity index is 700. The lowest BCUT2D eigenvalue weighted by atomic mass is 10.2. The molecule has 100 valence electrons. The van der Waals surface area contributed by atoms with E-state index in [0.29, 0.717) is 21.5 Å². The van der Waals surface area contributed by atoms with E-state index in [1.807, 2.05) is 6.07 Å². The highest BCUT2D eigenvalue weighted by molar-refractivity contribution is 6.36. The topological polar surface area (TPSA) is 66.0 Å². The Kier molecular flexibility index (Phi) is 4.46. The minimum atomic E-state index is -0.576. The van der Waals surface area contributed by atoms with Crippen molar-refractivity contribution in [2.45, 2.75) is 0 Å². The summed E-state index contributed by atoms with van der Waals surface area (Å²) in [6.07, 6.45) is 2.80. The molecule has 0 bridgehead atoms. The average molecular weight is 307 g/mol. The van der Waals surface area contributed by atoms with Crippen molar-refractivity contribution in [3.8, 4) is 6.07 Å². The average Bonchev–Trinajstić information content (AvgIpc) is 2.92. The van der Waals surface area contributed by atoms with Gasteiger partial charge in [0.1, 0.15) is 17.4 Å². The van der Waals surface area contributed by atoms with Gasteiger partial charge in [-0.05, 0) is 30.3 Å². The summed E-state index contributed by atoms with van der Waals surface area (Å²) in [5, 5.41) is 12.3. The lowest BCUT2D eigenvalue weighted by Gasteiger charge is -2.06. The van der Waals surface area contributed by atoms with Gasteiger partial charge >= 0.3 is 0 Å². The SMILES string of the molecule is N#C/C(=C\c1ccco1)C(=O)Nc1ccc(Cl)cc1Cl. The van der Waals surface area contributed by atoms with Gasteiger partial charge in [0, 0.05) is 11.1 Å². The molecule has 6 heteroatoms. The number of hydrogen-bond acceptors (Lipinski definition) is 3. The number of nitriles is 1. The van der Waals surface area contributed by atoms with Crippen LogP contribution in [0.2, 0.25) is 10.0 Å². The van der Waals surface area contributed by atoms with Gasteiger partial charge in [-0.2, -0.15) is 5.26 Å². The number of halogens is 2. The first-order valence-electron chi connectivity index (χ1n) is 5.52. The zero-order valence-electron chi connectivity index (χ0n) is 10.1. The minimum Gasteiger partial charge on any atom is -0.465 e. The number of rotatable bonds is 3. The van der Waals surface area contributed by atoms with Crippen molar-refractivity contribution in [1.82, 2.24) is 0 Å². The molecule has 0 unspecified atom stereocenters. The molecule has 4 nitrogen and oxygen atoms in total. The summed E-state index contributed by atoms with van der Waals surface area (Å²) in [6.45, 7) is 0. The molecule has 0 fully saturated rings. The number of nitrogens with zero attached hydrogens (tertiary/aromatic N) is 1. The van der Waals surface area contributed by atoms with Crippen LogP contribution in [0.1, 0.15) is 5.76 Å². The molecule has 1 aromatic heterocycles. The third-order valence-electron chi connectivity index (χ3n) is 2.37. The van der Waals surface area contributed by atoms with Gasteiger partial charge in [-0.15, -0.1) is 0 Å². The molecule has 0 saturated heterocycles. The number of benzene rings is 1. The van der Waals surface area contributed by atoms with Crippen molar-refractivity contribution in [2.75, 3.05) is 5.32 Å². The fourth-order valence-corrected chi connectivity index (χ4v) is 1.90. The fourth-order valence-electron chi connectivity index (χ4n) is 1.44. The van der Waals surface area contributed by atoms with E-state index in [0.717, 1.165) is 0 Å². The number of carbonyl (C=O) groups is 1. The first kappa shape index (κ1) is 14.2. The van der Waals surface area contributed by atoms with Crippen molar-refractivity contribution in [3.05, 3.63) is 58.0 Å². The number of amides is 1. The molecule has 2 rings (SSSR count). The zero-order chi connectivity index (χ0) is 14.5. The van der Waals surface area contributed by atoms with Gasteiger partial charge in [-0.1, -0.05) is 23.2 Å². The summed E-state index contributed by atoms with van der Waals surface area (Å²) >= 11 is 11.7. The third kappa shape index (κ3) is 3.41. The molecular formula is C14H8Cl2N2O2. The molecule has 0 atom stereocenters. The quantitative estimate of drug-likeness (QED) is 0.685. The molecule has 0 aliphatic rings. The van der Waals surface area contributed by atoms with Crippen LogP contribution in [0.5, 0.6) is 0 Å². The first-order valence-corrected chi connectivity index (χ1v) is 6.27. The predicted molar refractivity (Wildman–Crippen MR) is 77.4 cm³/mol. The van der Waals surface area contributed by atoms with Gasteiger partial charge in [0.2, 0.25) is 0 Å². The Balaban J connectivity index is 2.20. The molecular weight excluding hydrogens is 299 g/mol. The van der Waals surface area contributed by atoms with Crippen LogP contribution in [0.3, 0.4) is 0 Å². The van der Waals surface area contributed by atoms with Crippen LogP contribution in [-0.4, -0.2) is 5.91 Å². The minimum absolute atomic E-state index is 0.0917. The van der Waals surface area contributed by atoms with Crippen molar-refractivity contribution in [2.24, 2.45) is 0 Å². The maximum absolute atomic E-state index is 12.0. The number of nitrogens with one attached hydrogen (secondary N) is 1. The number of furan rings is 1. The Morgan fingerprint density at radius 3 is 2.75 bits per heavy atom. The highest BCUT2D eigenvalue weighted by Gasteiger charge is 2.12. The molecule has 1 heterocycles. The van der Waals surface area contributed by atoms with Crippen molar-refractivity contribution in [1.29, 1.82) is 5.26 Å². The maximum Gasteiger partial charge on any atom is 0.266 e. The lowest BCUT2D eigenvalue weighted by molar-refractivity contribution is -0.112. The summed E-state index contributed by atoms with van der Waals surface area (Å²) in [5.74, 6) is -0.160. The van der Waals surface area contributed by atoms with E-state index in [9.17, 15) is 4.79 Å². The van der Waals surface area contributed by atoms with Crippen LogP contribution in [0.4, 0.5) is 5.69 Å². The second-order valence-corrected chi connectivity index (χ2v) is 4.61. The Labute approximate surface area is 125 Å². The monoisotopic (exact) mass is 306 g/mol. The summed E-state index contributed by atoms with van der Waals surface area (Å²) in [6, 6.07) is 9.76. The highest BCUT2D eigenvalue weighted by atomic mass is 35.5. The highest BCUT2D eigenvalue weighted by Crippen LogP contribution is 2.25. The fraction of sp³-hybridized carbons (Fsp3) is 0. The van der Waals surface area contributed by atoms with Crippen LogP contribution in [0.15, 0.2) is 46.6 Å². The number of hydrogen-bond donors (Lipinski definition) is 1. The molecule has 0 spiro atoms. The van der Waals surface area contributed by atoms with E-state index >= 15 is 0 Å². The molecule has 0 aliphatic heterocycles. The maximum atomic E-state index is 12.0. The van der Waals surface area contributed by atoms with Crippen LogP contribution in [-0.2, 0) is 4.79 Å². The smallest absolute Gasteiger partial charge is 0.266 e. The van der Waals surface area contributed by atoms with Gasteiger partial charge in [0.25, 0.3) is 5.91 Å². The summed E-state index contributed by atoms with van der Waals surface area (Å²) in [4.78, 5) is 12.0. The standard InChI is InChI=1S/C14H8Cl2N2O2/c15-10-3-4-13(12(16)7-10)18-14(19)9(8-17)6-11-2-1-5-20-11/h1-7H,(H,18,19)/b9-6+. The molecule has 2 aromatic rings. The van der Waals surface area contributed by atoms with Gasteiger partial charge in [-0.3, -0.25) is 4.79 Å². The van der Waals surface area contributed by atoms with Gasteiger partial charge < -0.3 is 9.73 Å². The second-order valence-electron chi connectivity index (χ2n) is 3.76. The Hall–Kier alpha value is -2.22. The van der Waals surface area contributed by atoms with E-state index in [4.69, 9.17) is 32.9 Å². The molecule has 0 radical (unpaired) electrons. The van der Waals surface area contributed by atoms with E-state index in [-0.39, 0.29) is 5.57 Å². The van der Waals surface area contributed by atoms with E-state index in [2.05, 4.69) is 5.32 Å². The van der Waals surface area contributed by atoms with Crippen molar-refractivity contribution < 1.29 is 9.21 Å². The predicted octanol–water partition coefficient (Wildman–Crippen LogP) is 4.13. The Morgan fingerprint density at radius 1 is 1.35 bits per heavy atom. The van der Waals surface area contributed by atoms with E-state index in [1.54, 1.807) is 24.3 Å². The molecule has 1 aromatic carbocycles. The first-order chi connectivity index (χ1) is 9.60. The largest absolute Gasteiger partial charge is 0.465 e.